The van der Waals surface area contributed by atoms with E-state index >= 15 is 0 Å². The molecule has 3 aromatic carbocycles. The van der Waals surface area contributed by atoms with Crippen LogP contribution in [0.15, 0.2) is 83.4 Å². The Morgan fingerprint density at radius 1 is 1.00 bits per heavy atom. The number of nitrogens with one attached hydrogen (secondary N) is 2. The van der Waals surface area contributed by atoms with Gasteiger partial charge in [-0.3, -0.25) is 4.79 Å². The highest BCUT2D eigenvalue weighted by molar-refractivity contribution is 5.77. The third-order valence-corrected chi connectivity index (χ3v) is 6.27. The number of hydrogen-bond acceptors (Lipinski definition) is 4. The zero-order chi connectivity index (χ0) is 24.2. The molecule has 0 bridgehead atoms. The smallest absolute Gasteiger partial charge is 0.221 e. The second-order valence-electron chi connectivity index (χ2n) is 8.87. The predicted octanol–water partition coefficient (Wildman–Crippen LogP) is 5.87. The van der Waals surface area contributed by atoms with Gasteiger partial charge in [-0.15, -0.1) is 0 Å². The number of nitrogens with zero attached hydrogens (tertiary/aromatic N) is 2. The van der Waals surface area contributed by atoms with Gasteiger partial charge in [0.05, 0.1) is 23.3 Å². The first kappa shape index (κ1) is 22.6. The molecular weight excluding hydrogens is 436 g/mol. The summed E-state index contributed by atoms with van der Waals surface area (Å²) in [4.78, 5) is 25.4. The minimum Gasteiger partial charge on any atom is -0.441 e. The van der Waals surface area contributed by atoms with Gasteiger partial charge in [0.15, 0.2) is 11.7 Å². The largest absolute Gasteiger partial charge is 0.441 e. The Bertz CT molecular complexity index is 1420. The molecule has 2 heterocycles. The van der Waals surface area contributed by atoms with E-state index in [0.717, 1.165) is 28.0 Å². The minimum absolute atomic E-state index is 0.0719. The fourth-order valence-electron chi connectivity index (χ4n) is 4.14. The maximum absolute atomic E-state index is 12.9. The molecule has 0 saturated heterocycles. The van der Waals surface area contributed by atoms with Gasteiger partial charge in [-0.25, -0.2) is 9.97 Å². The van der Waals surface area contributed by atoms with Crippen molar-refractivity contribution in [2.75, 3.05) is 0 Å². The van der Waals surface area contributed by atoms with Crippen molar-refractivity contribution in [2.24, 2.45) is 0 Å². The van der Waals surface area contributed by atoms with Gasteiger partial charge in [-0.1, -0.05) is 54.6 Å². The number of aryl methyl sites for hydroxylation is 3. The maximum atomic E-state index is 12.9. The van der Waals surface area contributed by atoms with Crippen molar-refractivity contribution in [3.63, 3.8) is 0 Å². The highest BCUT2D eigenvalue weighted by Crippen LogP contribution is 2.24. The topological polar surface area (TPSA) is 83.8 Å². The maximum Gasteiger partial charge on any atom is 0.221 e. The van der Waals surface area contributed by atoms with Gasteiger partial charge in [0.25, 0.3) is 0 Å². The number of hydrogen-bond donors (Lipinski definition) is 2. The van der Waals surface area contributed by atoms with Crippen molar-refractivity contribution in [3.8, 4) is 11.3 Å². The third-order valence-electron chi connectivity index (χ3n) is 6.27. The number of carbonyl (C=O) groups excluding carboxylic acids is 1. The molecule has 35 heavy (non-hydrogen) atoms. The lowest BCUT2D eigenvalue weighted by Crippen LogP contribution is -2.31. The number of oxazole rings is 1. The molecule has 0 aliphatic heterocycles. The van der Waals surface area contributed by atoms with Crippen LogP contribution >= 0.6 is 0 Å². The van der Waals surface area contributed by atoms with E-state index in [2.05, 4.69) is 53.4 Å². The second-order valence-corrected chi connectivity index (χ2v) is 8.87. The van der Waals surface area contributed by atoms with E-state index in [1.165, 1.54) is 11.1 Å². The molecule has 176 valence electrons. The van der Waals surface area contributed by atoms with E-state index in [1.54, 1.807) is 6.20 Å². The highest BCUT2D eigenvalue weighted by Gasteiger charge is 2.20. The van der Waals surface area contributed by atoms with Crippen LogP contribution in [0, 0.1) is 13.8 Å². The normalized spacial score (nSPS) is 12.1. The summed E-state index contributed by atoms with van der Waals surface area (Å²) in [6.45, 7) is 4.16. The van der Waals surface area contributed by atoms with E-state index in [4.69, 9.17) is 9.40 Å². The van der Waals surface area contributed by atoms with Crippen molar-refractivity contribution in [3.05, 3.63) is 107 Å². The molecule has 0 aliphatic rings. The van der Waals surface area contributed by atoms with Crippen LogP contribution in [0.3, 0.4) is 0 Å². The Morgan fingerprint density at radius 2 is 1.80 bits per heavy atom. The molecule has 0 aliphatic carbocycles. The number of carbonyl (C=O) groups is 1. The minimum atomic E-state index is -0.270. The van der Waals surface area contributed by atoms with Crippen LogP contribution in [0.5, 0.6) is 0 Å². The van der Waals surface area contributed by atoms with Gasteiger partial charge in [0.1, 0.15) is 5.82 Å². The molecular formula is C29H28N4O2. The van der Waals surface area contributed by atoms with Gasteiger partial charge < -0.3 is 14.7 Å². The first-order valence-electron chi connectivity index (χ1n) is 11.9. The Kier molecular flexibility index (Phi) is 6.44. The molecule has 0 radical (unpaired) electrons. The third kappa shape index (κ3) is 5.32. The Morgan fingerprint density at radius 3 is 2.60 bits per heavy atom. The quantitative estimate of drug-likeness (QED) is 0.301. The summed E-state index contributed by atoms with van der Waals surface area (Å²) in [5, 5.41) is 3.16. The van der Waals surface area contributed by atoms with Crippen LogP contribution in [-0.2, 0) is 17.6 Å². The zero-order valence-electron chi connectivity index (χ0n) is 19.9. The number of rotatable bonds is 8. The number of H-pyrrole nitrogens is 1. The number of fused-ring (bicyclic) bond motifs is 1. The monoisotopic (exact) mass is 464 g/mol. The first-order valence-corrected chi connectivity index (χ1v) is 11.9. The van der Waals surface area contributed by atoms with Gasteiger partial charge in [0.2, 0.25) is 5.91 Å². The zero-order valence-corrected chi connectivity index (χ0v) is 19.9. The number of benzene rings is 3. The van der Waals surface area contributed by atoms with Crippen molar-refractivity contribution in [1.82, 2.24) is 20.3 Å². The number of imidazole rings is 1. The van der Waals surface area contributed by atoms with Crippen LogP contribution in [0.4, 0.5) is 0 Å². The summed E-state index contributed by atoms with van der Waals surface area (Å²) in [6, 6.07) is 23.9. The van der Waals surface area contributed by atoms with Crippen molar-refractivity contribution in [2.45, 2.75) is 39.2 Å². The Labute approximate surface area is 204 Å². The number of para-hydroxylation sites is 2. The van der Waals surface area contributed by atoms with Crippen molar-refractivity contribution < 1.29 is 9.21 Å². The lowest BCUT2D eigenvalue weighted by atomic mass is 10.1. The number of aromatic amines is 1. The van der Waals surface area contributed by atoms with Gasteiger partial charge in [0, 0.05) is 18.4 Å². The molecule has 6 nitrogen and oxygen atoms in total. The molecule has 6 heteroatoms. The lowest BCUT2D eigenvalue weighted by Gasteiger charge is -2.17. The molecule has 0 spiro atoms. The molecule has 2 aromatic heterocycles. The van der Waals surface area contributed by atoms with Crippen molar-refractivity contribution >= 4 is 16.9 Å². The molecule has 0 fully saturated rings. The fourth-order valence-corrected chi connectivity index (χ4v) is 4.14. The van der Waals surface area contributed by atoms with Gasteiger partial charge >= 0.3 is 0 Å². The Balaban J connectivity index is 1.27. The Hall–Kier alpha value is -4.19. The average molecular weight is 465 g/mol. The SMILES string of the molecule is Cc1ccc(-c2cnc(CCC(=O)N[C@H](Cc3ccccc3)c3nc4ccccc4[nH]3)o2)cc1C. The molecule has 5 aromatic rings. The number of amides is 1. The molecule has 0 saturated carbocycles. The van der Waals surface area contributed by atoms with Gasteiger partial charge in [-0.2, -0.15) is 0 Å². The number of aromatic nitrogens is 3. The first-order chi connectivity index (χ1) is 17.0. The summed E-state index contributed by atoms with van der Waals surface area (Å²) in [6.07, 6.45) is 3.07. The lowest BCUT2D eigenvalue weighted by molar-refractivity contribution is -0.121. The summed E-state index contributed by atoms with van der Waals surface area (Å²) in [5.41, 5.74) is 6.39. The molecule has 2 N–H and O–H groups in total. The predicted molar refractivity (Wildman–Crippen MR) is 137 cm³/mol. The summed E-state index contributed by atoms with van der Waals surface area (Å²) < 4.78 is 5.93. The van der Waals surface area contributed by atoms with Crippen LogP contribution in [0.1, 0.15) is 40.9 Å². The van der Waals surface area contributed by atoms with Crippen LogP contribution in [0.25, 0.3) is 22.4 Å². The van der Waals surface area contributed by atoms with E-state index in [0.29, 0.717) is 24.5 Å². The second kappa shape index (κ2) is 9.97. The molecule has 1 atom stereocenters. The van der Waals surface area contributed by atoms with E-state index in [-0.39, 0.29) is 18.4 Å². The van der Waals surface area contributed by atoms with E-state index in [9.17, 15) is 4.79 Å². The highest BCUT2D eigenvalue weighted by atomic mass is 16.4. The molecule has 0 unspecified atom stereocenters. The summed E-state index contributed by atoms with van der Waals surface area (Å²) in [7, 11) is 0. The van der Waals surface area contributed by atoms with Crippen LogP contribution < -0.4 is 5.32 Å². The standard InChI is InChI=1S/C29H28N4O2/c1-19-12-13-22(16-20(19)2)26-18-30-28(35-26)15-14-27(34)31-25(17-21-8-4-3-5-9-21)29-32-23-10-6-7-11-24(23)33-29/h3-13,16,18,25H,14-15,17H2,1-2H3,(H,31,34)(H,32,33)/t25-/m1/s1. The average Bonchev–Trinajstić information content (AvgIpc) is 3.52. The fraction of sp³-hybridized carbons (Fsp3) is 0.207. The van der Waals surface area contributed by atoms with Crippen LogP contribution in [0.2, 0.25) is 0 Å². The molecule has 5 rings (SSSR count). The molecule has 1 amide bonds. The summed E-state index contributed by atoms with van der Waals surface area (Å²) >= 11 is 0. The van der Waals surface area contributed by atoms with Gasteiger partial charge in [-0.05, 0) is 55.2 Å². The van der Waals surface area contributed by atoms with Crippen LogP contribution in [-0.4, -0.2) is 20.9 Å². The summed E-state index contributed by atoms with van der Waals surface area (Å²) in [5.74, 6) is 1.94. The van der Waals surface area contributed by atoms with E-state index in [1.807, 2.05) is 48.5 Å². The van der Waals surface area contributed by atoms with Crippen molar-refractivity contribution in [1.29, 1.82) is 0 Å². The van der Waals surface area contributed by atoms with E-state index < -0.39 is 0 Å².